The maximum Gasteiger partial charge on any atom is 0.326 e. The van der Waals surface area contributed by atoms with Crippen molar-refractivity contribution in [1.29, 1.82) is 0 Å². The van der Waals surface area contributed by atoms with Crippen LogP contribution in [-0.2, 0) is 38.0 Å². The molecule has 0 saturated heterocycles. The molecule has 59 heavy (non-hydrogen) atoms. The number of carboxylic acids is 1. The molecular formula is C40H63ClN8O10. The Hall–Kier alpha value is -4.43. The van der Waals surface area contributed by atoms with Crippen molar-refractivity contribution in [2.45, 2.75) is 51.5 Å². The Morgan fingerprint density at radius 3 is 1.92 bits per heavy atom. The summed E-state index contributed by atoms with van der Waals surface area (Å²) >= 11 is 5.66. The van der Waals surface area contributed by atoms with Gasteiger partial charge >= 0.3 is 5.97 Å². The number of rotatable bonds is 34. The highest BCUT2D eigenvalue weighted by Crippen LogP contribution is 2.17. The van der Waals surface area contributed by atoms with Gasteiger partial charge in [0.15, 0.2) is 5.84 Å². The molecule has 0 aliphatic carbocycles. The quantitative estimate of drug-likeness (QED) is 0.0496. The number of alkyl halides is 1. The molecule has 1 heterocycles. The van der Waals surface area contributed by atoms with E-state index in [1.165, 1.54) is 0 Å². The summed E-state index contributed by atoms with van der Waals surface area (Å²) in [5.41, 5.74) is 14.0. The predicted octanol–water partition coefficient (Wildman–Crippen LogP) is 2.65. The lowest BCUT2D eigenvalue weighted by Gasteiger charge is -2.21. The largest absolute Gasteiger partial charge is 0.480 e. The number of carboxylic acid groups (broad SMARTS) is 1. The number of ether oxygens (including phenoxy) is 6. The molecule has 1 unspecified atom stereocenters. The number of hydrogen-bond donors (Lipinski definition) is 5. The van der Waals surface area contributed by atoms with Gasteiger partial charge in [-0.1, -0.05) is 19.4 Å². The number of anilines is 1. The van der Waals surface area contributed by atoms with Crippen LogP contribution in [0.2, 0.25) is 0 Å². The molecular weight excluding hydrogens is 788 g/mol. The Bertz CT molecular complexity index is 1540. The zero-order valence-electron chi connectivity index (χ0n) is 34.5. The Morgan fingerprint density at radius 2 is 1.39 bits per heavy atom. The molecule has 18 nitrogen and oxygen atoms in total. The van der Waals surface area contributed by atoms with Gasteiger partial charge in [-0.15, -0.1) is 11.6 Å². The Kier molecular flexibility index (Phi) is 27.1. The highest BCUT2D eigenvalue weighted by Gasteiger charge is 2.22. The summed E-state index contributed by atoms with van der Waals surface area (Å²) < 4.78 is 32.9. The molecule has 7 N–H and O–H groups in total. The predicted molar refractivity (Wildman–Crippen MR) is 229 cm³/mol. The van der Waals surface area contributed by atoms with Crippen molar-refractivity contribution in [3.8, 4) is 0 Å². The topological polar surface area (TPSA) is 243 Å². The first kappa shape index (κ1) is 50.7. The average molecular weight is 851 g/mol. The van der Waals surface area contributed by atoms with Gasteiger partial charge < -0.3 is 60.5 Å². The molecule has 1 atom stereocenters. The second-order valence-electron chi connectivity index (χ2n) is 13.3. The van der Waals surface area contributed by atoms with Crippen LogP contribution in [0.4, 0.5) is 5.69 Å². The van der Waals surface area contributed by atoms with Crippen LogP contribution < -0.4 is 27.0 Å². The Morgan fingerprint density at radius 1 is 0.847 bits per heavy atom. The first-order valence-corrected chi connectivity index (χ1v) is 20.3. The third kappa shape index (κ3) is 23.7. The number of carbonyl (C=O) groups excluding carboxylic acids is 2. The van der Waals surface area contributed by atoms with Gasteiger partial charge in [0, 0.05) is 49.4 Å². The van der Waals surface area contributed by atoms with E-state index in [0.717, 1.165) is 43.9 Å². The summed E-state index contributed by atoms with van der Waals surface area (Å²) in [4.78, 5) is 51.9. The minimum atomic E-state index is -1.26. The van der Waals surface area contributed by atoms with Gasteiger partial charge in [-0.05, 0) is 50.5 Å². The highest BCUT2D eigenvalue weighted by molar-refractivity contribution is 6.37. The van der Waals surface area contributed by atoms with Gasteiger partial charge in [0.2, 0.25) is 5.91 Å². The van der Waals surface area contributed by atoms with Crippen molar-refractivity contribution < 1.29 is 47.9 Å². The fourth-order valence-corrected chi connectivity index (χ4v) is 5.35. The second kappa shape index (κ2) is 31.5. The second-order valence-corrected chi connectivity index (χ2v) is 13.6. The maximum atomic E-state index is 12.9. The van der Waals surface area contributed by atoms with Gasteiger partial charge in [-0.3, -0.25) is 9.59 Å². The van der Waals surface area contributed by atoms with Gasteiger partial charge in [-0.2, -0.15) is 0 Å². The molecule has 1 aromatic carbocycles. The Labute approximate surface area is 352 Å². The van der Waals surface area contributed by atoms with Crippen molar-refractivity contribution in [2.75, 3.05) is 110 Å². The summed E-state index contributed by atoms with van der Waals surface area (Å²) in [6.45, 7) is 11.4. The third-order valence-corrected chi connectivity index (χ3v) is 8.53. The van der Waals surface area contributed by atoms with Crippen LogP contribution in [0, 0.1) is 0 Å². The summed E-state index contributed by atoms with van der Waals surface area (Å²) in [6.07, 6.45) is 5.76. The van der Waals surface area contributed by atoms with E-state index in [-0.39, 0.29) is 49.1 Å². The number of benzene rings is 1. The van der Waals surface area contributed by atoms with E-state index in [4.69, 9.17) is 51.5 Å². The zero-order chi connectivity index (χ0) is 43.1. The number of nitrogens with one attached hydrogen (secondary N) is 2. The van der Waals surface area contributed by atoms with E-state index in [1.54, 1.807) is 37.4 Å². The lowest BCUT2D eigenvalue weighted by molar-refractivity contribution is -0.139. The van der Waals surface area contributed by atoms with Crippen molar-refractivity contribution in [3.05, 3.63) is 53.6 Å². The molecule has 0 aromatic heterocycles. The highest BCUT2D eigenvalue weighted by atomic mass is 35.5. The zero-order valence-corrected chi connectivity index (χ0v) is 35.2. The monoisotopic (exact) mass is 850 g/mol. The number of aliphatic carboxylic acids is 1. The van der Waals surface area contributed by atoms with Crippen molar-refractivity contribution >= 4 is 52.8 Å². The molecule has 1 aliphatic heterocycles. The number of nitrogens with zero attached hydrogens (tertiary/aromatic N) is 4. The third-order valence-electron chi connectivity index (χ3n) is 8.26. The fraction of sp³-hybridized carbons (Fsp3) is 0.600. The van der Waals surface area contributed by atoms with Crippen LogP contribution in [-0.4, -0.2) is 152 Å². The average Bonchev–Trinajstić information content (AvgIpc) is 3.21. The minimum absolute atomic E-state index is 0.0835. The number of aliphatic imine (C=N–C) groups is 3. The van der Waals surface area contributed by atoms with E-state index in [2.05, 4.69) is 32.2 Å². The lowest BCUT2D eigenvalue weighted by atomic mass is 10.1. The van der Waals surface area contributed by atoms with E-state index in [1.807, 2.05) is 11.9 Å². The summed E-state index contributed by atoms with van der Waals surface area (Å²) in [7, 11) is 1.84. The van der Waals surface area contributed by atoms with Gasteiger partial charge in [0.1, 0.15) is 17.6 Å². The summed E-state index contributed by atoms with van der Waals surface area (Å²) in [5.74, 6) is -1.11. The molecule has 1 aliphatic rings. The molecule has 0 spiro atoms. The molecule has 0 radical (unpaired) electrons. The SMILES string of the molecule is C=C(N)/N=C1/N=CC(CN(C)c2ccc(C(=O)NC(CCC(=O)NCCOCCOCCOCCOCCOCCOCCCCCCCl)C(=O)O)cc2)=N/C1=C(/C)N. The molecule has 19 heteroatoms. The molecule has 330 valence electrons. The molecule has 0 saturated carbocycles. The number of carbonyl (C=O) groups is 3. The molecule has 0 bridgehead atoms. The van der Waals surface area contributed by atoms with E-state index < -0.39 is 17.9 Å². The normalized spacial score (nSPS) is 14.5. The van der Waals surface area contributed by atoms with Crippen LogP contribution in [0.5, 0.6) is 0 Å². The van der Waals surface area contributed by atoms with Crippen LogP contribution in [0.1, 0.15) is 55.8 Å². The minimum Gasteiger partial charge on any atom is -0.480 e. The smallest absolute Gasteiger partial charge is 0.326 e. The fourth-order valence-electron chi connectivity index (χ4n) is 5.16. The molecule has 2 rings (SSSR count). The van der Waals surface area contributed by atoms with Gasteiger partial charge in [-0.25, -0.2) is 19.8 Å². The lowest BCUT2D eigenvalue weighted by Crippen LogP contribution is -2.41. The number of hydrogen-bond acceptors (Lipinski definition) is 14. The molecule has 0 fully saturated rings. The number of unbranched alkanes of at least 4 members (excludes halogenated alkanes) is 3. The van der Waals surface area contributed by atoms with Crippen LogP contribution in [0.25, 0.3) is 0 Å². The number of nitrogens with two attached hydrogens (primary N) is 2. The van der Waals surface area contributed by atoms with E-state index >= 15 is 0 Å². The standard InChI is InChI=1S/C40H63ClN8O10/c1-30(42)37-38(46-31(2)43)45-28-33(47-37)29-49(3)34-10-8-32(9-11-34)39(51)48-35(40(52)53)12-13-36(50)44-15-17-55-19-21-57-23-25-59-27-26-58-24-22-56-20-18-54-16-7-5-4-6-14-41/h8-11,28,35H,2,4-7,12-27,29,42-43H2,1,3H3,(H,44,50)(H,48,51)(H,52,53)/b37-30-,46-38+. The molecule has 2 amide bonds. The summed E-state index contributed by atoms with van der Waals surface area (Å²) in [5, 5.41) is 14.9. The van der Waals surface area contributed by atoms with Crippen molar-refractivity contribution in [2.24, 2.45) is 26.4 Å². The van der Waals surface area contributed by atoms with Crippen molar-refractivity contribution in [1.82, 2.24) is 10.6 Å². The van der Waals surface area contributed by atoms with Gasteiger partial charge in [0.25, 0.3) is 5.91 Å². The van der Waals surface area contributed by atoms with E-state index in [0.29, 0.717) is 89.7 Å². The number of halogens is 1. The van der Waals surface area contributed by atoms with Crippen molar-refractivity contribution in [3.63, 3.8) is 0 Å². The van der Waals surface area contributed by atoms with Crippen LogP contribution in [0.3, 0.4) is 0 Å². The van der Waals surface area contributed by atoms with Gasteiger partial charge in [0.05, 0.1) is 91.1 Å². The number of allylic oxidation sites excluding steroid dienone is 1. The molecule has 1 aromatic rings. The summed E-state index contributed by atoms with van der Waals surface area (Å²) in [6, 6.07) is 5.35. The first-order valence-electron chi connectivity index (χ1n) is 19.8. The van der Waals surface area contributed by atoms with Crippen LogP contribution >= 0.6 is 11.6 Å². The van der Waals surface area contributed by atoms with Crippen LogP contribution in [0.15, 0.2) is 63.0 Å². The first-order chi connectivity index (χ1) is 28.5. The number of amidine groups is 1. The van der Waals surface area contributed by atoms with E-state index in [9.17, 15) is 19.5 Å². The Balaban J connectivity index is 1.51. The number of amides is 2. The maximum absolute atomic E-state index is 12.9.